The Kier molecular flexibility index (Phi) is 4.00. The Morgan fingerprint density at radius 1 is 1.32 bits per heavy atom. The number of hydrogen-bond acceptors (Lipinski definition) is 4. The van der Waals surface area contributed by atoms with Crippen LogP contribution in [-0.4, -0.2) is 28.9 Å². The molecule has 0 spiro atoms. The van der Waals surface area contributed by atoms with Crippen molar-refractivity contribution < 1.29 is 14.3 Å². The van der Waals surface area contributed by atoms with Gasteiger partial charge < -0.3 is 14.8 Å². The van der Waals surface area contributed by atoms with Gasteiger partial charge in [-0.2, -0.15) is 5.10 Å². The zero-order chi connectivity index (χ0) is 15.5. The van der Waals surface area contributed by atoms with E-state index in [1.165, 1.54) is 0 Å². The minimum absolute atomic E-state index is 0.0278. The maximum Gasteiger partial charge on any atom is 0.224 e. The lowest BCUT2D eigenvalue weighted by Gasteiger charge is -2.19. The molecule has 6 nitrogen and oxygen atoms in total. The molecule has 2 heterocycles. The second-order valence-electron chi connectivity index (χ2n) is 5.29. The number of aryl methyl sites for hydroxylation is 2. The second-order valence-corrected chi connectivity index (χ2v) is 5.29. The zero-order valence-electron chi connectivity index (χ0n) is 12.8. The molecule has 1 aromatic carbocycles. The molecule has 0 saturated carbocycles. The van der Waals surface area contributed by atoms with E-state index in [1.54, 1.807) is 6.07 Å². The SMILES string of the molecule is Cc1c(CCC(=O)Nc2ccc3c(c2)OCCO3)cnn1C. The smallest absolute Gasteiger partial charge is 0.224 e. The molecule has 0 fully saturated rings. The van der Waals surface area contributed by atoms with E-state index >= 15 is 0 Å². The molecule has 1 amide bonds. The summed E-state index contributed by atoms with van der Waals surface area (Å²) < 4.78 is 12.8. The molecule has 6 heteroatoms. The molecule has 22 heavy (non-hydrogen) atoms. The van der Waals surface area contributed by atoms with E-state index in [0.717, 1.165) is 22.7 Å². The fraction of sp³-hybridized carbons (Fsp3) is 0.375. The summed E-state index contributed by atoms with van der Waals surface area (Å²) >= 11 is 0. The molecular weight excluding hydrogens is 282 g/mol. The van der Waals surface area contributed by atoms with Gasteiger partial charge in [-0.05, 0) is 31.0 Å². The van der Waals surface area contributed by atoms with Crippen molar-refractivity contribution in [3.63, 3.8) is 0 Å². The first-order valence-corrected chi connectivity index (χ1v) is 7.30. The molecule has 1 N–H and O–H groups in total. The maximum atomic E-state index is 12.1. The van der Waals surface area contributed by atoms with E-state index in [2.05, 4.69) is 10.4 Å². The second kappa shape index (κ2) is 6.09. The summed E-state index contributed by atoms with van der Waals surface area (Å²) in [7, 11) is 1.90. The number of amides is 1. The fourth-order valence-corrected chi connectivity index (χ4v) is 2.38. The van der Waals surface area contributed by atoms with E-state index in [0.29, 0.717) is 31.8 Å². The summed E-state index contributed by atoms with van der Waals surface area (Å²) in [5, 5.41) is 7.07. The van der Waals surface area contributed by atoms with Gasteiger partial charge in [0.05, 0.1) is 6.20 Å². The van der Waals surface area contributed by atoms with Gasteiger partial charge in [0.25, 0.3) is 0 Å². The lowest BCUT2D eigenvalue weighted by atomic mass is 10.1. The van der Waals surface area contributed by atoms with Crippen LogP contribution >= 0.6 is 0 Å². The van der Waals surface area contributed by atoms with Crippen molar-refractivity contribution in [1.82, 2.24) is 9.78 Å². The van der Waals surface area contributed by atoms with Gasteiger partial charge in [0.2, 0.25) is 5.91 Å². The number of benzene rings is 1. The van der Waals surface area contributed by atoms with Crippen LogP contribution in [0.5, 0.6) is 11.5 Å². The number of rotatable bonds is 4. The van der Waals surface area contributed by atoms with Crippen molar-refractivity contribution in [2.24, 2.45) is 7.05 Å². The van der Waals surface area contributed by atoms with E-state index < -0.39 is 0 Å². The summed E-state index contributed by atoms with van der Waals surface area (Å²) in [6, 6.07) is 5.43. The molecule has 0 saturated heterocycles. The largest absolute Gasteiger partial charge is 0.486 e. The minimum atomic E-state index is -0.0278. The van der Waals surface area contributed by atoms with Gasteiger partial charge in [-0.25, -0.2) is 0 Å². The standard InChI is InChI=1S/C16H19N3O3/c1-11-12(10-17-19(11)2)3-6-16(20)18-13-4-5-14-15(9-13)22-8-7-21-14/h4-5,9-10H,3,6-8H2,1-2H3,(H,18,20). The molecule has 0 radical (unpaired) electrons. The van der Waals surface area contributed by atoms with Crippen molar-refractivity contribution >= 4 is 11.6 Å². The molecule has 2 aromatic rings. The molecular formula is C16H19N3O3. The number of ether oxygens (including phenoxy) is 2. The Bertz CT molecular complexity index is 694. The van der Waals surface area contributed by atoms with Crippen molar-refractivity contribution in [2.45, 2.75) is 19.8 Å². The van der Waals surface area contributed by atoms with Gasteiger partial charge in [-0.3, -0.25) is 9.48 Å². The van der Waals surface area contributed by atoms with Crippen LogP contribution in [0, 0.1) is 6.92 Å². The Morgan fingerprint density at radius 3 is 2.82 bits per heavy atom. The maximum absolute atomic E-state index is 12.1. The average Bonchev–Trinajstić information content (AvgIpc) is 2.84. The predicted molar refractivity (Wildman–Crippen MR) is 82.3 cm³/mol. The zero-order valence-corrected chi connectivity index (χ0v) is 12.8. The van der Waals surface area contributed by atoms with Gasteiger partial charge in [0.1, 0.15) is 13.2 Å². The fourth-order valence-electron chi connectivity index (χ4n) is 2.38. The molecule has 116 valence electrons. The van der Waals surface area contributed by atoms with E-state index in [1.807, 2.05) is 37.0 Å². The molecule has 1 aliphatic rings. The van der Waals surface area contributed by atoms with Crippen molar-refractivity contribution in [3.8, 4) is 11.5 Å². The monoisotopic (exact) mass is 301 g/mol. The molecule has 0 aliphatic carbocycles. The highest BCUT2D eigenvalue weighted by Crippen LogP contribution is 2.32. The third-order valence-electron chi connectivity index (χ3n) is 3.78. The van der Waals surface area contributed by atoms with Crippen LogP contribution < -0.4 is 14.8 Å². The van der Waals surface area contributed by atoms with Crippen LogP contribution in [0.15, 0.2) is 24.4 Å². The van der Waals surface area contributed by atoms with Gasteiger partial charge in [-0.1, -0.05) is 0 Å². The molecule has 0 atom stereocenters. The number of aromatic nitrogens is 2. The summed E-state index contributed by atoms with van der Waals surface area (Å²) in [5.41, 5.74) is 2.91. The molecule has 1 aliphatic heterocycles. The number of nitrogens with zero attached hydrogens (tertiary/aromatic N) is 2. The molecule has 3 rings (SSSR count). The molecule has 0 unspecified atom stereocenters. The quantitative estimate of drug-likeness (QED) is 0.939. The van der Waals surface area contributed by atoms with Crippen LogP contribution in [0.2, 0.25) is 0 Å². The average molecular weight is 301 g/mol. The summed E-state index contributed by atoms with van der Waals surface area (Å²) in [5.74, 6) is 1.36. The summed E-state index contributed by atoms with van der Waals surface area (Å²) in [4.78, 5) is 12.1. The van der Waals surface area contributed by atoms with Gasteiger partial charge in [0.15, 0.2) is 11.5 Å². The van der Waals surface area contributed by atoms with Crippen molar-refractivity contribution in [2.75, 3.05) is 18.5 Å². The number of anilines is 1. The highest BCUT2D eigenvalue weighted by molar-refractivity contribution is 5.91. The van der Waals surface area contributed by atoms with Crippen molar-refractivity contribution in [3.05, 3.63) is 35.7 Å². The number of fused-ring (bicyclic) bond motifs is 1. The van der Waals surface area contributed by atoms with Crippen LogP contribution in [0.3, 0.4) is 0 Å². The highest BCUT2D eigenvalue weighted by atomic mass is 16.6. The van der Waals surface area contributed by atoms with E-state index in [4.69, 9.17) is 9.47 Å². The minimum Gasteiger partial charge on any atom is -0.486 e. The highest BCUT2D eigenvalue weighted by Gasteiger charge is 2.13. The lowest BCUT2D eigenvalue weighted by Crippen LogP contribution is -2.16. The third-order valence-corrected chi connectivity index (χ3v) is 3.78. The van der Waals surface area contributed by atoms with E-state index in [-0.39, 0.29) is 5.91 Å². The Morgan fingerprint density at radius 2 is 2.09 bits per heavy atom. The Labute approximate surface area is 129 Å². The van der Waals surface area contributed by atoms with Gasteiger partial charge >= 0.3 is 0 Å². The van der Waals surface area contributed by atoms with Gasteiger partial charge in [0, 0.05) is 30.9 Å². The topological polar surface area (TPSA) is 65.4 Å². The van der Waals surface area contributed by atoms with Gasteiger partial charge in [-0.15, -0.1) is 0 Å². The van der Waals surface area contributed by atoms with Crippen LogP contribution in [0.4, 0.5) is 5.69 Å². The summed E-state index contributed by atoms with van der Waals surface area (Å²) in [6.07, 6.45) is 2.91. The Hall–Kier alpha value is -2.50. The number of carbonyl (C=O) groups is 1. The van der Waals surface area contributed by atoms with Crippen molar-refractivity contribution in [1.29, 1.82) is 0 Å². The molecule has 0 bridgehead atoms. The Balaban J connectivity index is 1.58. The lowest BCUT2D eigenvalue weighted by molar-refractivity contribution is -0.116. The van der Waals surface area contributed by atoms with E-state index in [9.17, 15) is 4.79 Å². The number of carbonyl (C=O) groups excluding carboxylic acids is 1. The first-order valence-electron chi connectivity index (χ1n) is 7.30. The van der Waals surface area contributed by atoms with Crippen LogP contribution in [-0.2, 0) is 18.3 Å². The van der Waals surface area contributed by atoms with Crippen LogP contribution in [0.25, 0.3) is 0 Å². The van der Waals surface area contributed by atoms with Crippen LogP contribution in [0.1, 0.15) is 17.7 Å². The molecule has 1 aromatic heterocycles. The first-order chi connectivity index (χ1) is 10.6. The first kappa shape index (κ1) is 14.4. The third kappa shape index (κ3) is 3.05. The predicted octanol–water partition coefficient (Wildman–Crippen LogP) is 2.07. The summed E-state index contributed by atoms with van der Waals surface area (Å²) in [6.45, 7) is 3.09. The number of nitrogens with one attached hydrogen (secondary N) is 1. The number of hydrogen-bond donors (Lipinski definition) is 1. The normalized spacial score (nSPS) is 13.0.